The van der Waals surface area contributed by atoms with Crippen molar-refractivity contribution in [3.63, 3.8) is 0 Å². The number of carbonyl (C=O) groups is 1. The maximum absolute atomic E-state index is 11.3. The molecular weight excluding hydrogens is 254 g/mol. The second kappa shape index (κ2) is 5.65. The minimum absolute atomic E-state index is 0.139. The number of amides is 1. The number of allylic oxidation sites excluding steroid dienone is 4. The summed E-state index contributed by atoms with van der Waals surface area (Å²) in [5, 5.41) is 2.55. The zero-order chi connectivity index (χ0) is 12.1. The molecule has 0 aromatic carbocycles. The van der Waals surface area contributed by atoms with Crippen molar-refractivity contribution in [3.8, 4) is 0 Å². The molecule has 0 radical (unpaired) electrons. The van der Waals surface area contributed by atoms with E-state index >= 15 is 0 Å². The zero-order valence-electron chi connectivity index (χ0n) is 8.75. The van der Waals surface area contributed by atoms with Gasteiger partial charge in [-0.3, -0.25) is 4.79 Å². The van der Waals surface area contributed by atoms with Gasteiger partial charge < -0.3 is 9.73 Å². The average molecular weight is 263 g/mol. The standard InChI is InChI=1S/C12H9NO2S2/c14-11-10(17-12(16)13-11)7-3-1-2-5-9-6-4-8-15-9/h1-8H,(H,13,14,16). The fourth-order valence-corrected chi connectivity index (χ4v) is 2.18. The van der Waals surface area contributed by atoms with Crippen molar-refractivity contribution in [1.82, 2.24) is 5.32 Å². The van der Waals surface area contributed by atoms with Crippen LogP contribution in [0, 0.1) is 0 Å². The van der Waals surface area contributed by atoms with Crippen LogP contribution < -0.4 is 5.32 Å². The summed E-state index contributed by atoms with van der Waals surface area (Å²) in [5.74, 6) is 0.649. The van der Waals surface area contributed by atoms with Gasteiger partial charge in [0.25, 0.3) is 5.91 Å². The fraction of sp³-hybridized carbons (Fsp3) is 0. The molecule has 3 nitrogen and oxygen atoms in total. The Kier molecular flexibility index (Phi) is 3.95. The number of hydrogen-bond acceptors (Lipinski definition) is 4. The fourth-order valence-electron chi connectivity index (χ4n) is 1.18. The van der Waals surface area contributed by atoms with Crippen molar-refractivity contribution in [3.05, 3.63) is 53.4 Å². The number of rotatable bonds is 3. The topological polar surface area (TPSA) is 42.2 Å². The van der Waals surface area contributed by atoms with Crippen LogP contribution in [-0.4, -0.2) is 10.2 Å². The van der Waals surface area contributed by atoms with E-state index in [2.05, 4.69) is 5.32 Å². The van der Waals surface area contributed by atoms with Crippen molar-refractivity contribution in [2.75, 3.05) is 0 Å². The minimum atomic E-state index is -0.139. The molecule has 1 aliphatic rings. The highest BCUT2D eigenvalue weighted by molar-refractivity contribution is 8.26. The van der Waals surface area contributed by atoms with Crippen LogP contribution in [0.1, 0.15) is 5.76 Å². The Morgan fingerprint density at radius 3 is 2.88 bits per heavy atom. The molecule has 5 heteroatoms. The maximum atomic E-state index is 11.3. The lowest BCUT2D eigenvalue weighted by Crippen LogP contribution is -2.17. The SMILES string of the molecule is O=C1NC(=S)SC1=CC=CC=Cc1ccco1. The highest BCUT2D eigenvalue weighted by Gasteiger charge is 2.20. The molecule has 0 bridgehead atoms. The molecule has 17 heavy (non-hydrogen) atoms. The van der Waals surface area contributed by atoms with Crippen LogP contribution in [0.2, 0.25) is 0 Å². The summed E-state index contributed by atoms with van der Waals surface area (Å²) in [4.78, 5) is 11.9. The van der Waals surface area contributed by atoms with Gasteiger partial charge in [0.2, 0.25) is 0 Å². The van der Waals surface area contributed by atoms with E-state index in [1.165, 1.54) is 11.8 Å². The first-order valence-electron chi connectivity index (χ1n) is 4.87. The number of thiocarbonyl (C=S) groups is 1. The number of furan rings is 1. The lowest BCUT2D eigenvalue weighted by atomic mass is 10.3. The van der Waals surface area contributed by atoms with Crippen LogP contribution in [0.5, 0.6) is 0 Å². The first-order valence-corrected chi connectivity index (χ1v) is 6.10. The van der Waals surface area contributed by atoms with E-state index in [0.29, 0.717) is 9.23 Å². The zero-order valence-corrected chi connectivity index (χ0v) is 10.4. The number of thioether (sulfide) groups is 1. The largest absolute Gasteiger partial charge is 0.465 e. The molecule has 2 rings (SSSR count). The molecule has 86 valence electrons. The molecule has 1 fully saturated rings. The molecule has 0 aliphatic carbocycles. The molecule has 1 saturated heterocycles. The first-order chi connectivity index (χ1) is 8.25. The van der Waals surface area contributed by atoms with Crippen LogP contribution in [0.4, 0.5) is 0 Å². The van der Waals surface area contributed by atoms with Gasteiger partial charge in [0, 0.05) is 0 Å². The van der Waals surface area contributed by atoms with Gasteiger partial charge in [-0.05, 0) is 24.3 Å². The molecule has 2 heterocycles. The Labute approximate surface area is 108 Å². The van der Waals surface area contributed by atoms with Gasteiger partial charge in [-0.15, -0.1) is 0 Å². The highest BCUT2D eigenvalue weighted by atomic mass is 32.2. The van der Waals surface area contributed by atoms with Crippen LogP contribution in [0.25, 0.3) is 6.08 Å². The van der Waals surface area contributed by atoms with Crippen molar-refractivity contribution >= 4 is 40.3 Å². The van der Waals surface area contributed by atoms with Gasteiger partial charge in [-0.2, -0.15) is 0 Å². The average Bonchev–Trinajstić information content (AvgIpc) is 2.89. The van der Waals surface area contributed by atoms with Gasteiger partial charge in [-0.25, -0.2) is 0 Å². The van der Waals surface area contributed by atoms with Gasteiger partial charge in [0.1, 0.15) is 10.1 Å². The summed E-state index contributed by atoms with van der Waals surface area (Å²) in [6.45, 7) is 0. The predicted octanol–water partition coefficient (Wildman–Crippen LogP) is 2.88. The van der Waals surface area contributed by atoms with Crippen LogP contribution in [-0.2, 0) is 4.79 Å². The second-order valence-electron chi connectivity index (χ2n) is 3.13. The normalized spacial score (nSPS) is 18.7. The van der Waals surface area contributed by atoms with Gasteiger partial charge in [0.15, 0.2) is 0 Å². The Balaban J connectivity index is 1.92. The quantitative estimate of drug-likeness (QED) is 0.517. The van der Waals surface area contributed by atoms with E-state index in [4.69, 9.17) is 16.6 Å². The van der Waals surface area contributed by atoms with E-state index in [-0.39, 0.29) is 5.91 Å². The molecule has 1 aromatic heterocycles. The molecule has 1 aliphatic heterocycles. The molecule has 0 atom stereocenters. The second-order valence-corrected chi connectivity index (χ2v) is 4.85. The Morgan fingerprint density at radius 1 is 1.35 bits per heavy atom. The minimum Gasteiger partial charge on any atom is -0.465 e. The van der Waals surface area contributed by atoms with Crippen molar-refractivity contribution in [2.45, 2.75) is 0 Å². The van der Waals surface area contributed by atoms with Gasteiger partial charge in [-0.1, -0.05) is 42.2 Å². The van der Waals surface area contributed by atoms with Crippen LogP contribution in [0.3, 0.4) is 0 Å². The van der Waals surface area contributed by atoms with Gasteiger partial charge in [0.05, 0.1) is 11.2 Å². The molecule has 0 unspecified atom stereocenters. The predicted molar refractivity (Wildman–Crippen MR) is 73.3 cm³/mol. The summed E-state index contributed by atoms with van der Waals surface area (Å²) >= 11 is 6.14. The van der Waals surface area contributed by atoms with Gasteiger partial charge >= 0.3 is 0 Å². The molecule has 0 saturated carbocycles. The summed E-state index contributed by atoms with van der Waals surface area (Å²) in [6, 6.07) is 3.69. The number of hydrogen-bond donors (Lipinski definition) is 1. The van der Waals surface area contributed by atoms with E-state index in [0.717, 1.165) is 5.76 Å². The Morgan fingerprint density at radius 2 is 2.24 bits per heavy atom. The van der Waals surface area contributed by atoms with E-state index in [1.54, 1.807) is 18.4 Å². The van der Waals surface area contributed by atoms with E-state index in [9.17, 15) is 4.79 Å². The lowest BCUT2D eigenvalue weighted by molar-refractivity contribution is -0.115. The maximum Gasteiger partial charge on any atom is 0.263 e. The first kappa shape index (κ1) is 11.9. The highest BCUT2D eigenvalue weighted by Crippen LogP contribution is 2.22. The monoisotopic (exact) mass is 263 g/mol. The van der Waals surface area contributed by atoms with Crippen LogP contribution in [0.15, 0.2) is 52.0 Å². The summed E-state index contributed by atoms with van der Waals surface area (Å²) in [5.41, 5.74) is 0. The third kappa shape index (κ3) is 3.44. The Bertz CT molecular complexity index is 513. The molecule has 1 N–H and O–H groups in total. The molecule has 0 spiro atoms. The summed E-state index contributed by atoms with van der Waals surface area (Å²) < 4.78 is 5.62. The van der Waals surface area contributed by atoms with Crippen molar-refractivity contribution in [1.29, 1.82) is 0 Å². The smallest absolute Gasteiger partial charge is 0.263 e. The lowest BCUT2D eigenvalue weighted by Gasteiger charge is -1.85. The number of nitrogens with one attached hydrogen (secondary N) is 1. The van der Waals surface area contributed by atoms with Crippen LogP contribution >= 0.6 is 24.0 Å². The third-order valence-corrected chi connectivity index (χ3v) is 3.10. The summed E-state index contributed by atoms with van der Waals surface area (Å²) in [6.07, 6.45) is 10.6. The number of carbonyl (C=O) groups excluding carboxylic acids is 1. The molecule has 1 aromatic rings. The Hall–Kier alpha value is -1.59. The van der Waals surface area contributed by atoms with E-state index < -0.39 is 0 Å². The third-order valence-electron chi connectivity index (χ3n) is 1.92. The molecular formula is C12H9NO2S2. The van der Waals surface area contributed by atoms with Crippen molar-refractivity contribution in [2.24, 2.45) is 0 Å². The molecule has 1 amide bonds. The van der Waals surface area contributed by atoms with E-state index in [1.807, 2.05) is 30.4 Å². The summed E-state index contributed by atoms with van der Waals surface area (Å²) in [7, 11) is 0. The van der Waals surface area contributed by atoms with Crippen molar-refractivity contribution < 1.29 is 9.21 Å².